The third kappa shape index (κ3) is 3.93. The van der Waals surface area contributed by atoms with Crippen LogP contribution >= 0.6 is 15.9 Å². The van der Waals surface area contributed by atoms with Crippen LogP contribution in [0.2, 0.25) is 0 Å². The summed E-state index contributed by atoms with van der Waals surface area (Å²) >= 11 is 3.36. The molecule has 0 saturated heterocycles. The molecule has 2 aromatic rings. The van der Waals surface area contributed by atoms with Crippen molar-refractivity contribution < 1.29 is 4.79 Å². The van der Waals surface area contributed by atoms with E-state index in [4.69, 9.17) is 0 Å². The van der Waals surface area contributed by atoms with Gasteiger partial charge in [0.1, 0.15) is 0 Å². The van der Waals surface area contributed by atoms with E-state index in [9.17, 15) is 4.79 Å². The summed E-state index contributed by atoms with van der Waals surface area (Å²) in [6.07, 6.45) is 6.94. The van der Waals surface area contributed by atoms with Gasteiger partial charge in [-0.05, 0) is 46.6 Å². The highest BCUT2D eigenvalue weighted by atomic mass is 79.9. The summed E-state index contributed by atoms with van der Waals surface area (Å²) in [6.45, 7) is 2.88. The maximum atomic E-state index is 11.9. The largest absolute Gasteiger partial charge is 0.352 e. The van der Waals surface area contributed by atoms with Crippen LogP contribution in [0.4, 0.5) is 0 Å². The van der Waals surface area contributed by atoms with E-state index in [-0.39, 0.29) is 5.91 Å². The molecule has 1 amide bonds. The van der Waals surface area contributed by atoms with Crippen LogP contribution < -0.4 is 5.32 Å². The number of aromatic nitrogens is 2. The number of benzene rings is 1. The zero-order valence-electron chi connectivity index (χ0n) is 11.5. The van der Waals surface area contributed by atoms with Gasteiger partial charge in [0, 0.05) is 18.3 Å². The number of nitrogens with zero attached hydrogens (tertiary/aromatic N) is 2. The lowest BCUT2D eigenvalue weighted by atomic mass is 10.2. The van der Waals surface area contributed by atoms with Crippen LogP contribution in [0.3, 0.4) is 0 Å². The molecule has 0 atom stereocenters. The van der Waals surface area contributed by atoms with E-state index in [0.717, 1.165) is 36.0 Å². The van der Waals surface area contributed by atoms with Crippen molar-refractivity contribution in [1.29, 1.82) is 0 Å². The summed E-state index contributed by atoms with van der Waals surface area (Å²) in [7, 11) is 0. The summed E-state index contributed by atoms with van der Waals surface area (Å²) in [5.74, 6) is -0.0192. The number of nitrogens with one attached hydrogen (secondary N) is 1. The second-order valence-electron chi connectivity index (χ2n) is 4.61. The van der Waals surface area contributed by atoms with E-state index in [1.165, 1.54) is 0 Å². The van der Waals surface area contributed by atoms with Crippen LogP contribution in [-0.4, -0.2) is 22.2 Å². The molecule has 0 aliphatic carbocycles. The number of carbonyl (C=O) groups excluding carboxylic acids is 1. The highest BCUT2D eigenvalue weighted by molar-refractivity contribution is 9.10. The smallest absolute Gasteiger partial charge is 0.251 e. The van der Waals surface area contributed by atoms with Gasteiger partial charge in [0.25, 0.3) is 5.91 Å². The summed E-state index contributed by atoms with van der Waals surface area (Å²) in [5, 5.41) is 7.13. The first kappa shape index (κ1) is 14.8. The van der Waals surface area contributed by atoms with E-state index < -0.39 is 0 Å². The highest BCUT2D eigenvalue weighted by Gasteiger charge is 2.05. The third-order valence-electron chi connectivity index (χ3n) is 3.01. The van der Waals surface area contributed by atoms with Gasteiger partial charge in [-0.25, -0.2) is 4.68 Å². The fourth-order valence-corrected chi connectivity index (χ4v) is 2.17. The monoisotopic (exact) mass is 335 g/mol. The van der Waals surface area contributed by atoms with E-state index >= 15 is 0 Å². The number of halogens is 1. The van der Waals surface area contributed by atoms with Gasteiger partial charge < -0.3 is 5.32 Å². The Balaban J connectivity index is 1.95. The maximum absolute atomic E-state index is 11.9. The summed E-state index contributed by atoms with van der Waals surface area (Å²) in [4.78, 5) is 11.9. The topological polar surface area (TPSA) is 46.9 Å². The molecule has 0 aliphatic heterocycles. The van der Waals surface area contributed by atoms with Gasteiger partial charge in [-0.2, -0.15) is 5.10 Å². The van der Waals surface area contributed by atoms with Crippen molar-refractivity contribution >= 4 is 21.8 Å². The molecule has 20 heavy (non-hydrogen) atoms. The van der Waals surface area contributed by atoms with E-state index in [2.05, 4.69) is 33.3 Å². The SMILES string of the molecule is CCCCCNC(=O)c1ccc(-n2cc(Br)cn2)cc1. The molecule has 5 heteroatoms. The molecular formula is C15H18BrN3O. The molecule has 0 bridgehead atoms. The zero-order chi connectivity index (χ0) is 14.4. The average Bonchev–Trinajstić information content (AvgIpc) is 2.90. The molecule has 0 spiro atoms. The van der Waals surface area contributed by atoms with Crippen LogP contribution in [0.5, 0.6) is 0 Å². The fourth-order valence-electron chi connectivity index (χ4n) is 1.89. The van der Waals surface area contributed by atoms with Crippen LogP contribution in [0.15, 0.2) is 41.1 Å². The Kier molecular flexibility index (Phi) is 5.35. The number of hydrogen-bond acceptors (Lipinski definition) is 2. The van der Waals surface area contributed by atoms with Gasteiger partial charge in [0.05, 0.1) is 16.4 Å². The van der Waals surface area contributed by atoms with Gasteiger partial charge in [0.15, 0.2) is 0 Å². The molecule has 0 radical (unpaired) electrons. The van der Waals surface area contributed by atoms with E-state index in [1.807, 2.05) is 30.5 Å². The molecule has 2 rings (SSSR count). The molecule has 0 saturated carbocycles. The third-order valence-corrected chi connectivity index (χ3v) is 3.42. The van der Waals surface area contributed by atoms with Crippen molar-refractivity contribution in [2.24, 2.45) is 0 Å². The molecular weight excluding hydrogens is 318 g/mol. The number of carbonyl (C=O) groups is 1. The van der Waals surface area contributed by atoms with Crippen LogP contribution in [0.25, 0.3) is 5.69 Å². The van der Waals surface area contributed by atoms with Gasteiger partial charge in [0.2, 0.25) is 0 Å². The predicted molar refractivity (Wildman–Crippen MR) is 83.1 cm³/mol. The molecule has 0 unspecified atom stereocenters. The molecule has 1 N–H and O–H groups in total. The number of rotatable bonds is 6. The van der Waals surface area contributed by atoms with Crippen LogP contribution in [0, 0.1) is 0 Å². The fraction of sp³-hybridized carbons (Fsp3) is 0.333. The normalized spacial score (nSPS) is 10.5. The maximum Gasteiger partial charge on any atom is 0.251 e. The van der Waals surface area contributed by atoms with Crippen molar-refractivity contribution in [1.82, 2.24) is 15.1 Å². The minimum atomic E-state index is -0.0192. The first-order chi connectivity index (χ1) is 9.70. The van der Waals surface area contributed by atoms with Crippen molar-refractivity contribution in [2.45, 2.75) is 26.2 Å². The van der Waals surface area contributed by atoms with Gasteiger partial charge in [-0.15, -0.1) is 0 Å². The lowest BCUT2D eigenvalue weighted by Crippen LogP contribution is -2.24. The predicted octanol–water partition coefficient (Wildman–Crippen LogP) is 3.55. The van der Waals surface area contributed by atoms with Crippen LogP contribution in [-0.2, 0) is 0 Å². The van der Waals surface area contributed by atoms with Crippen molar-refractivity contribution in [3.8, 4) is 5.69 Å². The second-order valence-corrected chi connectivity index (χ2v) is 5.53. The Morgan fingerprint density at radius 3 is 2.65 bits per heavy atom. The van der Waals surface area contributed by atoms with Gasteiger partial charge >= 0.3 is 0 Å². The standard InChI is InChI=1S/C15H18BrN3O/c1-2-3-4-9-17-15(20)12-5-7-14(8-6-12)19-11-13(16)10-18-19/h5-8,10-11H,2-4,9H2,1H3,(H,17,20). The molecule has 1 aromatic carbocycles. The van der Waals surface area contributed by atoms with Crippen molar-refractivity contribution in [2.75, 3.05) is 6.54 Å². The first-order valence-electron chi connectivity index (χ1n) is 6.79. The van der Waals surface area contributed by atoms with Crippen molar-refractivity contribution in [3.63, 3.8) is 0 Å². The molecule has 1 heterocycles. The Labute approximate surface area is 127 Å². The quantitative estimate of drug-likeness (QED) is 0.820. The molecule has 0 fully saturated rings. The lowest BCUT2D eigenvalue weighted by molar-refractivity contribution is 0.0953. The summed E-state index contributed by atoms with van der Waals surface area (Å²) in [5.41, 5.74) is 1.61. The van der Waals surface area contributed by atoms with Crippen LogP contribution in [0.1, 0.15) is 36.5 Å². The lowest BCUT2D eigenvalue weighted by Gasteiger charge is -2.06. The first-order valence-corrected chi connectivity index (χ1v) is 7.59. The molecule has 106 valence electrons. The number of hydrogen-bond donors (Lipinski definition) is 1. The Morgan fingerprint density at radius 1 is 1.30 bits per heavy atom. The summed E-state index contributed by atoms with van der Waals surface area (Å²) < 4.78 is 2.68. The highest BCUT2D eigenvalue weighted by Crippen LogP contribution is 2.13. The van der Waals surface area contributed by atoms with E-state index in [1.54, 1.807) is 10.9 Å². The Bertz CT molecular complexity index is 563. The minimum absolute atomic E-state index is 0.0192. The molecule has 1 aromatic heterocycles. The summed E-state index contributed by atoms with van der Waals surface area (Å²) in [6, 6.07) is 7.42. The van der Waals surface area contributed by atoms with Gasteiger partial charge in [-0.1, -0.05) is 19.8 Å². The van der Waals surface area contributed by atoms with Gasteiger partial charge in [-0.3, -0.25) is 4.79 Å². The van der Waals surface area contributed by atoms with Crippen molar-refractivity contribution in [3.05, 3.63) is 46.7 Å². The minimum Gasteiger partial charge on any atom is -0.352 e. The zero-order valence-corrected chi connectivity index (χ0v) is 13.1. The number of unbranched alkanes of at least 4 members (excludes halogenated alkanes) is 2. The average molecular weight is 336 g/mol. The second kappa shape index (κ2) is 7.24. The van der Waals surface area contributed by atoms with E-state index in [0.29, 0.717) is 5.56 Å². The Morgan fingerprint density at radius 2 is 2.05 bits per heavy atom. The number of amides is 1. The molecule has 4 nitrogen and oxygen atoms in total. The Hall–Kier alpha value is -1.62. The molecule has 0 aliphatic rings.